The summed E-state index contributed by atoms with van der Waals surface area (Å²) in [5.74, 6) is 1.78. The lowest BCUT2D eigenvalue weighted by atomic mass is 9.73. The zero-order valence-electron chi connectivity index (χ0n) is 21.2. The van der Waals surface area contributed by atoms with Crippen molar-refractivity contribution in [2.45, 2.75) is 32.4 Å². The van der Waals surface area contributed by atoms with E-state index in [1.165, 1.54) is 0 Å². The number of alkyl halides is 1. The second-order valence-corrected chi connectivity index (χ2v) is 9.46. The first-order valence-corrected chi connectivity index (χ1v) is 11.6. The Balaban J connectivity index is 2.02. The molecular weight excluding hydrogens is 425 g/mol. The van der Waals surface area contributed by atoms with Crippen LogP contribution >= 0.6 is 0 Å². The highest BCUT2D eigenvalue weighted by Crippen LogP contribution is 2.41. The summed E-state index contributed by atoms with van der Waals surface area (Å²) in [4.78, 5) is 18.0. The van der Waals surface area contributed by atoms with Gasteiger partial charge in [0.2, 0.25) is 0 Å². The fourth-order valence-electron chi connectivity index (χ4n) is 4.55. The van der Waals surface area contributed by atoms with Gasteiger partial charge in [-0.1, -0.05) is 36.9 Å². The van der Waals surface area contributed by atoms with E-state index in [1.807, 2.05) is 75.9 Å². The number of allylic oxidation sites excluding steroid dienone is 4. The van der Waals surface area contributed by atoms with E-state index in [0.29, 0.717) is 24.6 Å². The highest BCUT2D eigenvalue weighted by atomic mass is 19.1. The van der Waals surface area contributed by atoms with Gasteiger partial charge in [0.15, 0.2) is 5.82 Å². The first kappa shape index (κ1) is 25.3. The van der Waals surface area contributed by atoms with Crippen LogP contribution in [-0.2, 0) is 0 Å². The average molecular weight is 462 g/mol. The summed E-state index contributed by atoms with van der Waals surface area (Å²) in [6.07, 6.45) is 10.7. The number of aliphatic imine (C=N–C) groups is 1. The van der Waals surface area contributed by atoms with Gasteiger partial charge >= 0.3 is 0 Å². The molecule has 0 bridgehead atoms. The fraction of sp³-hybridized carbons (Fsp3) is 0.393. The molecule has 34 heavy (non-hydrogen) atoms. The molecule has 0 saturated heterocycles. The fourth-order valence-corrected chi connectivity index (χ4v) is 4.55. The summed E-state index contributed by atoms with van der Waals surface area (Å²) in [7, 11) is 7.75. The number of anilines is 1. The van der Waals surface area contributed by atoms with Gasteiger partial charge in [-0.05, 0) is 49.8 Å². The van der Waals surface area contributed by atoms with Gasteiger partial charge in [0.1, 0.15) is 11.5 Å². The Bertz CT molecular complexity index is 1110. The van der Waals surface area contributed by atoms with E-state index in [4.69, 9.17) is 9.97 Å². The molecule has 1 aromatic carbocycles. The van der Waals surface area contributed by atoms with Crippen LogP contribution in [0, 0.1) is 5.92 Å². The van der Waals surface area contributed by atoms with Gasteiger partial charge in [0.05, 0.1) is 0 Å². The van der Waals surface area contributed by atoms with Crippen LogP contribution < -0.4 is 4.90 Å². The quantitative estimate of drug-likeness (QED) is 0.344. The molecule has 0 amide bonds. The molecule has 2 aromatic rings. The Hall–Kier alpha value is -3.28. The molecular formula is C28H36FN5. The van der Waals surface area contributed by atoms with Crippen molar-refractivity contribution in [2.75, 3.05) is 39.6 Å². The molecule has 1 aliphatic rings. The van der Waals surface area contributed by atoms with Crippen LogP contribution in [0.15, 0.2) is 60.4 Å². The number of aromatic nitrogens is 2. The van der Waals surface area contributed by atoms with Crippen LogP contribution in [0.1, 0.15) is 37.8 Å². The molecule has 0 atom stereocenters. The van der Waals surface area contributed by atoms with E-state index >= 15 is 0 Å². The van der Waals surface area contributed by atoms with Crippen LogP contribution in [0.2, 0.25) is 0 Å². The van der Waals surface area contributed by atoms with Crippen molar-refractivity contribution >= 4 is 23.2 Å². The molecule has 0 spiro atoms. The third kappa shape index (κ3) is 5.99. The lowest BCUT2D eigenvalue weighted by Crippen LogP contribution is -2.42. The Morgan fingerprint density at radius 3 is 2.59 bits per heavy atom. The minimum atomic E-state index is -1.04. The van der Waals surface area contributed by atoms with Gasteiger partial charge in [-0.3, -0.25) is 4.99 Å². The summed E-state index contributed by atoms with van der Waals surface area (Å²) < 4.78 is 14.1. The van der Waals surface area contributed by atoms with Gasteiger partial charge in [0, 0.05) is 70.0 Å². The maximum atomic E-state index is 14.1. The zero-order valence-corrected chi connectivity index (χ0v) is 21.2. The second-order valence-electron chi connectivity index (χ2n) is 9.46. The molecule has 1 aromatic heterocycles. The van der Waals surface area contributed by atoms with Gasteiger partial charge in [-0.25, -0.2) is 14.4 Å². The highest BCUT2D eigenvalue weighted by Gasteiger charge is 2.41. The van der Waals surface area contributed by atoms with Crippen molar-refractivity contribution in [1.29, 1.82) is 0 Å². The molecule has 0 unspecified atom stereocenters. The summed E-state index contributed by atoms with van der Waals surface area (Å²) in [6, 6.07) is 8.17. The summed E-state index contributed by atoms with van der Waals surface area (Å²) in [5, 5.41) is 0. The van der Waals surface area contributed by atoms with Crippen molar-refractivity contribution < 1.29 is 4.39 Å². The van der Waals surface area contributed by atoms with Gasteiger partial charge in [-0.15, -0.1) is 0 Å². The lowest BCUT2D eigenvalue weighted by Gasteiger charge is -2.41. The monoisotopic (exact) mass is 461 g/mol. The van der Waals surface area contributed by atoms with Crippen molar-refractivity contribution in [3.8, 4) is 11.4 Å². The van der Waals surface area contributed by atoms with Gasteiger partial charge in [0.25, 0.3) is 0 Å². The number of benzene rings is 1. The summed E-state index contributed by atoms with van der Waals surface area (Å²) in [5.41, 5.74) is 3.82. The third-order valence-electron chi connectivity index (χ3n) is 6.05. The number of nitrogens with zero attached hydrogens (tertiary/aromatic N) is 5. The Morgan fingerprint density at radius 1 is 1.26 bits per heavy atom. The SMILES string of the molecule is C=C/C(=C\N(C)C)c1cccc(-c2ncc(/C(C=NC)=C/C)c(N(C)CC3CC(C)(F)C3)n2)c1. The summed E-state index contributed by atoms with van der Waals surface area (Å²) in [6.45, 7) is 8.37. The van der Waals surface area contributed by atoms with Crippen molar-refractivity contribution in [3.63, 3.8) is 0 Å². The molecule has 180 valence electrons. The normalized spacial score (nSPS) is 20.9. The van der Waals surface area contributed by atoms with E-state index in [9.17, 15) is 4.39 Å². The smallest absolute Gasteiger partial charge is 0.161 e. The average Bonchev–Trinajstić information content (AvgIpc) is 2.79. The predicted octanol–water partition coefficient (Wildman–Crippen LogP) is 5.91. The number of hydrogen-bond acceptors (Lipinski definition) is 5. The Kier molecular flexibility index (Phi) is 8.02. The van der Waals surface area contributed by atoms with Crippen molar-refractivity contribution in [1.82, 2.24) is 14.9 Å². The highest BCUT2D eigenvalue weighted by molar-refractivity contribution is 6.11. The number of halogens is 1. The molecule has 1 heterocycles. The van der Waals surface area contributed by atoms with Crippen LogP contribution in [0.4, 0.5) is 10.2 Å². The standard InChI is InChI=1S/C28H36FN5/c1-8-21(16-30-4)25-17-31-26(32-27(25)34(7)18-20-14-28(3,29)15-20)24-12-10-11-23(13-24)22(9-2)19-33(5)6/h8-13,16-17,19-20H,2,14-15,18H2,1,3-7H3/b21-8+,22-19+,30-16?. The maximum Gasteiger partial charge on any atom is 0.161 e. The first-order chi connectivity index (χ1) is 16.2. The maximum absolute atomic E-state index is 14.1. The third-order valence-corrected chi connectivity index (χ3v) is 6.05. The Morgan fingerprint density at radius 2 is 2.00 bits per heavy atom. The predicted molar refractivity (Wildman–Crippen MR) is 143 cm³/mol. The number of hydrogen-bond donors (Lipinski definition) is 0. The number of rotatable bonds is 9. The molecule has 0 radical (unpaired) electrons. The van der Waals surface area contributed by atoms with Crippen LogP contribution in [0.5, 0.6) is 0 Å². The Labute approximate surface area is 203 Å². The molecule has 5 nitrogen and oxygen atoms in total. The molecule has 1 fully saturated rings. The molecule has 6 heteroatoms. The second kappa shape index (κ2) is 10.8. The van der Waals surface area contributed by atoms with E-state index in [1.54, 1.807) is 14.0 Å². The summed E-state index contributed by atoms with van der Waals surface area (Å²) >= 11 is 0. The van der Waals surface area contributed by atoms with Crippen LogP contribution in [0.25, 0.3) is 22.5 Å². The molecule has 3 rings (SSSR count). The van der Waals surface area contributed by atoms with Crippen molar-refractivity contribution in [3.05, 3.63) is 66.5 Å². The lowest BCUT2D eigenvalue weighted by molar-refractivity contribution is 0.0294. The first-order valence-electron chi connectivity index (χ1n) is 11.6. The minimum Gasteiger partial charge on any atom is -0.383 e. The molecule has 1 saturated carbocycles. The van der Waals surface area contributed by atoms with E-state index in [0.717, 1.165) is 40.2 Å². The van der Waals surface area contributed by atoms with E-state index in [2.05, 4.69) is 28.6 Å². The van der Waals surface area contributed by atoms with E-state index < -0.39 is 5.67 Å². The van der Waals surface area contributed by atoms with E-state index in [-0.39, 0.29) is 0 Å². The minimum absolute atomic E-state index is 0.315. The molecule has 0 N–H and O–H groups in total. The molecule has 1 aliphatic carbocycles. The van der Waals surface area contributed by atoms with Gasteiger partial charge in [-0.2, -0.15) is 0 Å². The zero-order chi connectivity index (χ0) is 24.9. The topological polar surface area (TPSA) is 44.6 Å². The molecule has 0 aliphatic heterocycles. The van der Waals surface area contributed by atoms with Crippen molar-refractivity contribution in [2.24, 2.45) is 10.9 Å². The van der Waals surface area contributed by atoms with Gasteiger partial charge < -0.3 is 9.80 Å². The largest absolute Gasteiger partial charge is 0.383 e. The van der Waals surface area contributed by atoms with Crippen LogP contribution in [0.3, 0.4) is 0 Å². The van der Waals surface area contributed by atoms with Crippen LogP contribution in [-0.4, -0.2) is 61.5 Å².